The van der Waals surface area contributed by atoms with E-state index in [1.54, 1.807) is 13.8 Å². The molecular weight excluding hydrogens is 248 g/mol. The maximum atomic E-state index is 12.2. The van der Waals surface area contributed by atoms with Crippen molar-refractivity contribution in [2.75, 3.05) is 7.11 Å². The minimum Gasteiger partial charge on any atom is -0.464 e. The highest BCUT2D eigenvalue weighted by Gasteiger charge is 2.18. The minimum atomic E-state index is -0.833. The molecule has 6 heteroatoms. The molecule has 0 N–H and O–H groups in total. The molecule has 0 unspecified atom stereocenters. The van der Waals surface area contributed by atoms with Crippen LogP contribution in [0.1, 0.15) is 35.6 Å². The molecule has 0 amide bonds. The van der Waals surface area contributed by atoms with Crippen LogP contribution in [-0.2, 0) is 11.3 Å². The van der Waals surface area contributed by atoms with E-state index in [1.807, 2.05) is 13.8 Å². The van der Waals surface area contributed by atoms with E-state index in [0.717, 1.165) is 4.57 Å². The summed E-state index contributed by atoms with van der Waals surface area (Å²) < 4.78 is 5.58. The highest BCUT2D eigenvalue weighted by Crippen LogP contribution is 1.99. The number of hydrogen-bond donors (Lipinski definition) is 0. The molecule has 0 spiro atoms. The number of aryl methyl sites for hydroxylation is 1. The number of nitrogens with zero attached hydrogens (tertiary/aromatic N) is 2. The zero-order chi connectivity index (χ0) is 14.7. The van der Waals surface area contributed by atoms with Crippen LogP contribution >= 0.6 is 0 Å². The van der Waals surface area contributed by atoms with Crippen molar-refractivity contribution in [1.29, 1.82) is 0 Å². The van der Waals surface area contributed by atoms with Gasteiger partial charge >= 0.3 is 5.97 Å². The molecule has 0 saturated carbocycles. The van der Waals surface area contributed by atoms with Crippen LogP contribution in [-0.4, -0.2) is 22.6 Å². The molecule has 0 fully saturated rings. The van der Waals surface area contributed by atoms with Gasteiger partial charge < -0.3 is 4.74 Å². The number of esters is 1. The van der Waals surface area contributed by atoms with Crippen LogP contribution in [0, 0.1) is 19.8 Å². The molecule has 0 atom stereocenters. The lowest BCUT2D eigenvalue weighted by atomic mass is 10.2. The first-order valence-corrected chi connectivity index (χ1v) is 6.00. The van der Waals surface area contributed by atoms with Gasteiger partial charge in [-0.1, -0.05) is 13.8 Å². The lowest BCUT2D eigenvalue weighted by molar-refractivity contribution is 0.0591. The van der Waals surface area contributed by atoms with Gasteiger partial charge in [0.2, 0.25) is 5.69 Å². The van der Waals surface area contributed by atoms with Crippen LogP contribution in [0.25, 0.3) is 0 Å². The van der Waals surface area contributed by atoms with E-state index in [4.69, 9.17) is 0 Å². The van der Waals surface area contributed by atoms with Crippen LogP contribution in [0.4, 0.5) is 0 Å². The number of methoxy groups -OCH3 is 1. The Labute approximate surface area is 111 Å². The van der Waals surface area contributed by atoms with Crippen LogP contribution < -0.4 is 11.1 Å². The summed E-state index contributed by atoms with van der Waals surface area (Å²) in [7, 11) is 1.17. The molecule has 0 bridgehead atoms. The van der Waals surface area contributed by atoms with E-state index in [0.29, 0.717) is 11.3 Å². The Hall–Kier alpha value is -1.98. The third-order valence-electron chi connectivity index (χ3n) is 2.76. The molecule has 104 valence electrons. The molecule has 0 aromatic carbocycles. The van der Waals surface area contributed by atoms with Gasteiger partial charge in [0, 0.05) is 17.8 Å². The molecule has 0 aliphatic rings. The second-order valence-corrected chi connectivity index (χ2v) is 4.78. The number of carbonyl (C=O) groups is 1. The molecule has 19 heavy (non-hydrogen) atoms. The third-order valence-corrected chi connectivity index (χ3v) is 2.76. The van der Waals surface area contributed by atoms with E-state index in [2.05, 4.69) is 9.72 Å². The fourth-order valence-corrected chi connectivity index (χ4v) is 1.64. The van der Waals surface area contributed by atoms with Crippen LogP contribution in [0.3, 0.4) is 0 Å². The predicted molar refractivity (Wildman–Crippen MR) is 70.4 cm³/mol. The van der Waals surface area contributed by atoms with Gasteiger partial charge in [0.1, 0.15) is 0 Å². The summed E-state index contributed by atoms with van der Waals surface area (Å²) in [5, 5.41) is 0. The quantitative estimate of drug-likeness (QED) is 0.751. The first-order valence-electron chi connectivity index (χ1n) is 6.00. The van der Waals surface area contributed by atoms with E-state index < -0.39 is 17.1 Å². The lowest BCUT2D eigenvalue weighted by Gasteiger charge is -2.05. The Kier molecular flexibility index (Phi) is 4.58. The van der Waals surface area contributed by atoms with Gasteiger partial charge in [0.25, 0.3) is 11.1 Å². The van der Waals surface area contributed by atoms with Gasteiger partial charge in [-0.3, -0.25) is 14.2 Å². The predicted octanol–water partition coefficient (Wildman–Crippen LogP) is 0.663. The molecule has 1 rings (SSSR count). The Bertz CT molecular complexity index is 617. The Balaban J connectivity index is 3.78. The van der Waals surface area contributed by atoms with Crippen LogP contribution in [0.5, 0.6) is 0 Å². The van der Waals surface area contributed by atoms with Gasteiger partial charge in [-0.25, -0.2) is 9.78 Å². The summed E-state index contributed by atoms with van der Waals surface area (Å²) in [6.45, 7) is 7.17. The SMILES string of the molecule is COC(=O)c1nc(C)c(C)c(=O)n(CC(C)C)c1=O. The Morgan fingerprint density at radius 2 is 1.84 bits per heavy atom. The van der Waals surface area contributed by atoms with Crippen LogP contribution in [0.2, 0.25) is 0 Å². The Morgan fingerprint density at radius 1 is 1.26 bits per heavy atom. The van der Waals surface area contributed by atoms with Crippen molar-refractivity contribution in [2.45, 2.75) is 34.2 Å². The number of carbonyl (C=O) groups excluding carboxylic acids is 1. The maximum absolute atomic E-state index is 12.2. The van der Waals surface area contributed by atoms with Crippen molar-refractivity contribution in [3.8, 4) is 0 Å². The molecule has 6 nitrogen and oxygen atoms in total. The average Bonchev–Trinajstić information content (AvgIpc) is 2.44. The summed E-state index contributed by atoms with van der Waals surface area (Å²) in [5.74, 6) is -0.737. The maximum Gasteiger partial charge on any atom is 0.362 e. The third kappa shape index (κ3) is 3.07. The zero-order valence-corrected chi connectivity index (χ0v) is 11.8. The van der Waals surface area contributed by atoms with Gasteiger partial charge in [-0.15, -0.1) is 0 Å². The number of ether oxygens (including phenoxy) is 1. The second-order valence-electron chi connectivity index (χ2n) is 4.78. The summed E-state index contributed by atoms with van der Waals surface area (Å²) in [4.78, 5) is 39.9. The van der Waals surface area contributed by atoms with Crippen molar-refractivity contribution in [3.05, 3.63) is 37.7 Å². The summed E-state index contributed by atoms with van der Waals surface area (Å²) >= 11 is 0. The van der Waals surface area contributed by atoms with E-state index >= 15 is 0 Å². The van der Waals surface area contributed by atoms with Gasteiger partial charge in [-0.05, 0) is 19.8 Å². The highest BCUT2D eigenvalue weighted by molar-refractivity contribution is 5.86. The van der Waals surface area contributed by atoms with Gasteiger partial charge in [0.05, 0.1) is 7.11 Å². The monoisotopic (exact) mass is 266 g/mol. The number of hydrogen-bond acceptors (Lipinski definition) is 5. The van der Waals surface area contributed by atoms with Crippen molar-refractivity contribution < 1.29 is 9.53 Å². The fourth-order valence-electron chi connectivity index (χ4n) is 1.64. The van der Waals surface area contributed by atoms with Crippen molar-refractivity contribution in [2.24, 2.45) is 5.92 Å². The normalized spacial score (nSPS) is 10.6. The first-order chi connectivity index (χ1) is 8.79. The molecule has 0 saturated heterocycles. The Morgan fingerprint density at radius 3 is 2.32 bits per heavy atom. The molecule has 0 radical (unpaired) electrons. The number of aromatic nitrogens is 2. The van der Waals surface area contributed by atoms with E-state index in [1.165, 1.54) is 7.11 Å². The molecule has 1 heterocycles. The van der Waals surface area contributed by atoms with E-state index in [9.17, 15) is 14.4 Å². The molecule has 0 aliphatic heterocycles. The molecule has 1 aromatic rings. The standard InChI is InChI=1S/C13H18N2O4/c1-7(2)6-15-11(16)8(3)9(4)14-10(12(15)17)13(18)19-5/h7H,6H2,1-5H3. The van der Waals surface area contributed by atoms with Gasteiger partial charge in [-0.2, -0.15) is 0 Å². The molecule has 0 aliphatic carbocycles. The summed E-state index contributed by atoms with van der Waals surface area (Å²) in [6, 6.07) is 0. The highest BCUT2D eigenvalue weighted by atomic mass is 16.5. The number of rotatable bonds is 3. The van der Waals surface area contributed by atoms with Crippen LogP contribution in [0.15, 0.2) is 9.59 Å². The van der Waals surface area contributed by atoms with Crippen molar-refractivity contribution >= 4 is 5.97 Å². The largest absolute Gasteiger partial charge is 0.464 e. The fraction of sp³-hybridized carbons (Fsp3) is 0.538. The average molecular weight is 266 g/mol. The topological polar surface area (TPSA) is 78.3 Å². The summed E-state index contributed by atoms with van der Waals surface area (Å²) in [5.41, 5.74) is -0.774. The smallest absolute Gasteiger partial charge is 0.362 e. The van der Waals surface area contributed by atoms with E-state index in [-0.39, 0.29) is 18.2 Å². The first kappa shape index (κ1) is 15.1. The van der Waals surface area contributed by atoms with Gasteiger partial charge in [0.15, 0.2) is 0 Å². The van der Waals surface area contributed by atoms with Crippen molar-refractivity contribution in [3.63, 3.8) is 0 Å². The zero-order valence-electron chi connectivity index (χ0n) is 11.8. The molecular formula is C13H18N2O4. The second kappa shape index (κ2) is 5.77. The summed E-state index contributed by atoms with van der Waals surface area (Å²) in [6.07, 6.45) is 0. The minimum absolute atomic E-state index is 0.0954. The lowest BCUT2D eigenvalue weighted by Crippen LogP contribution is -2.35. The van der Waals surface area contributed by atoms with Crippen molar-refractivity contribution in [1.82, 2.24) is 9.55 Å². The molecule has 1 aromatic heterocycles.